The molecule has 0 radical (unpaired) electrons. The Morgan fingerprint density at radius 2 is 2.24 bits per heavy atom. The quantitative estimate of drug-likeness (QED) is 0.838. The summed E-state index contributed by atoms with van der Waals surface area (Å²) in [7, 11) is -3.50. The molecule has 0 unspecified atom stereocenters. The summed E-state index contributed by atoms with van der Waals surface area (Å²) in [5.41, 5.74) is 1.74. The first-order valence-electron chi connectivity index (χ1n) is 7.11. The Labute approximate surface area is 124 Å². The van der Waals surface area contributed by atoms with Gasteiger partial charge in [0.1, 0.15) is 0 Å². The zero-order chi connectivity index (χ0) is 15.0. The van der Waals surface area contributed by atoms with Crippen molar-refractivity contribution in [1.82, 2.24) is 10.0 Å². The number of hydrogen-bond donors (Lipinski definition) is 2. The van der Waals surface area contributed by atoms with Crippen LogP contribution in [0, 0.1) is 0 Å². The summed E-state index contributed by atoms with van der Waals surface area (Å²) >= 11 is 0. The van der Waals surface area contributed by atoms with Gasteiger partial charge >= 0.3 is 0 Å². The molecule has 0 saturated carbocycles. The van der Waals surface area contributed by atoms with Crippen LogP contribution in [0.3, 0.4) is 0 Å². The van der Waals surface area contributed by atoms with Gasteiger partial charge in [-0.25, -0.2) is 13.1 Å². The van der Waals surface area contributed by atoms with E-state index in [4.69, 9.17) is 0 Å². The molecule has 1 amide bonds. The molecule has 0 bridgehead atoms. The standard InChI is InChI=1S/C14H19N3O3S/c1-10(18)17-7-5-11-8-13(2-3-14(11)17)21(19,20)16-12-4-6-15-9-12/h2-3,8,12,15-16H,4-7,9H2,1H3/t12-/m1/s1. The third kappa shape index (κ3) is 2.81. The first-order chi connectivity index (χ1) is 9.97. The summed E-state index contributed by atoms with van der Waals surface area (Å²) in [6.45, 7) is 3.65. The van der Waals surface area contributed by atoms with Crippen LogP contribution in [0.1, 0.15) is 18.9 Å². The maximum absolute atomic E-state index is 12.4. The van der Waals surface area contributed by atoms with E-state index >= 15 is 0 Å². The molecule has 2 aliphatic heterocycles. The minimum Gasteiger partial charge on any atom is -0.315 e. The van der Waals surface area contributed by atoms with Crippen LogP contribution >= 0.6 is 0 Å². The molecule has 114 valence electrons. The van der Waals surface area contributed by atoms with Crippen molar-refractivity contribution in [2.24, 2.45) is 0 Å². The third-order valence-corrected chi connectivity index (χ3v) is 5.54. The van der Waals surface area contributed by atoms with E-state index in [0.717, 1.165) is 24.2 Å². The second-order valence-corrected chi connectivity index (χ2v) is 7.24. The molecular weight excluding hydrogens is 290 g/mol. The van der Waals surface area contributed by atoms with Gasteiger partial charge in [-0.15, -0.1) is 0 Å². The first-order valence-corrected chi connectivity index (χ1v) is 8.60. The Hall–Kier alpha value is -1.44. The normalized spacial score (nSPS) is 21.6. The number of sulfonamides is 1. The third-order valence-electron chi connectivity index (χ3n) is 4.02. The molecule has 1 aromatic rings. The number of hydrogen-bond acceptors (Lipinski definition) is 4. The van der Waals surface area contributed by atoms with E-state index in [1.165, 1.54) is 6.92 Å². The van der Waals surface area contributed by atoms with Crippen molar-refractivity contribution in [3.63, 3.8) is 0 Å². The van der Waals surface area contributed by atoms with Crippen LogP contribution in [0.2, 0.25) is 0 Å². The highest BCUT2D eigenvalue weighted by Gasteiger charge is 2.26. The smallest absolute Gasteiger partial charge is 0.240 e. The average Bonchev–Trinajstić information content (AvgIpc) is 3.05. The van der Waals surface area contributed by atoms with Gasteiger partial charge < -0.3 is 10.2 Å². The molecule has 2 N–H and O–H groups in total. The fourth-order valence-electron chi connectivity index (χ4n) is 2.92. The van der Waals surface area contributed by atoms with Crippen LogP contribution in [-0.4, -0.2) is 40.0 Å². The molecule has 1 saturated heterocycles. The number of carbonyl (C=O) groups is 1. The van der Waals surface area contributed by atoms with Crippen molar-refractivity contribution in [1.29, 1.82) is 0 Å². The second kappa shape index (κ2) is 5.40. The van der Waals surface area contributed by atoms with Gasteiger partial charge in [-0.3, -0.25) is 4.79 Å². The molecule has 1 atom stereocenters. The minimum absolute atomic E-state index is 0.0143. The summed E-state index contributed by atoms with van der Waals surface area (Å²) in [6.07, 6.45) is 1.51. The number of carbonyl (C=O) groups excluding carboxylic acids is 1. The largest absolute Gasteiger partial charge is 0.315 e. The fraction of sp³-hybridized carbons (Fsp3) is 0.500. The van der Waals surface area contributed by atoms with Crippen molar-refractivity contribution in [2.75, 3.05) is 24.5 Å². The van der Waals surface area contributed by atoms with Gasteiger partial charge in [0.2, 0.25) is 15.9 Å². The molecule has 6 nitrogen and oxygen atoms in total. The molecule has 3 rings (SSSR count). The van der Waals surface area contributed by atoms with E-state index < -0.39 is 10.0 Å². The molecule has 0 aromatic heterocycles. The van der Waals surface area contributed by atoms with Crippen LogP contribution in [0.25, 0.3) is 0 Å². The van der Waals surface area contributed by atoms with Crippen LogP contribution in [0.4, 0.5) is 5.69 Å². The number of nitrogens with zero attached hydrogens (tertiary/aromatic N) is 1. The Bertz CT molecular complexity index is 666. The lowest BCUT2D eigenvalue weighted by Gasteiger charge is -2.16. The van der Waals surface area contributed by atoms with Crippen LogP contribution < -0.4 is 14.9 Å². The van der Waals surface area contributed by atoms with Gasteiger partial charge in [-0.1, -0.05) is 0 Å². The number of anilines is 1. The predicted octanol–water partition coefficient (Wildman–Crippen LogP) is 0.236. The van der Waals surface area contributed by atoms with Crippen LogP contribution in [-0.2, 0) is 21.2 Å². The van der Waals surface area contributed by atoms with E-state index in [9.17, 15) is 13.2 Å². The molecule has 2 heterocycles. The zero-order valence-electron chi connectivity index (χ0n) is 11.9. The number of amides is 1. The fourth-order valence-corrected chi connectivity index (χ4v) is 4.24. The highest BCUT2D eigenvalue weighted by molar-refractivity contribution is 7.89. The Kier molecular flexibility index (Phi) is 3.73. The summed E-state index contributed by atoms with van der Waals surface area (Å²) in [6, 6.07) is 4.94. The Morgan fingerprint density at radius 1 is 1.43 bits per heavy atom. The summed E-state index contributed by atoms with van der Waals surface area (Å²) in [5, 5.41) is 3.14. The molecule has 0 spiro atoms. The molecule has 1 aromatic carbocycles. The number of nitrogens with one attached hydrogen (secondary N) is 2. The molecule has 21 heavy (non-hydrogen) atoms. The number of rotatable bonds is 3. The molecule has 2 aliphatic rings. The number of fused-ring (bicyclic) bond motifs is 1. The highest BCUT2D eigenvalue weighted by atomic mass is 32.2. The SMILES string of the molecule is CC(=O)N1CCc2cc(S(=O)(=O)N[C@@H]3CCNC3)ccc21. The summed E-state index contributed by atoms with van der Waals surface area (Å²) < 4.78 is 27.5. The molecule has 0 aliphatic carbocycles. The lowest BCUT2D eigenvalue weighted by molar-refractivity contribution is -0.116. The van der Waals surface area contributed by atoms with E-state index in [-0.39, 0.29) is 16.8 Å². The number of benzene rings is 1. The van der Waals surface area contributed by atoms with Gasteiger partial charge in [0, 0.05) is 31.7 Å². The topological polar surface area (TPSA) is 78.5 Å². The summed E-state index contributed by atoms with van der Waals surface area (Å²) in [4.78, 5) is 13.5. The molecule has 7 heteroatoms. The van der Waals surface area contributed by atoms with Crippen molar-refractivity contribution in [3.05, 3.63) is 23.8 Å². The zero-order valence-corrected chi connectivity index (χ0v) is 12.7. The highest BCUT2D eigenvalue weighted by Crippen LogP contribution is 2.30. The van der Waals surface area contributed by atoms with Gasteiger partial charge in [0.05, 0.1) is 4.90 Å². The predicted molar refractivity (Wildman–Crippen MR) is 79.8 cm³/mol. The monoisotopic (exact) mass is 309 g/mol. The van der Waals surface area contributed by atoms with E-state index in [2.05, 4.69) is 10.0 Å². The van der Waals surface area contributed by atoms with Crippen molar-refractivity contribution in [3.8, 4) is 0 Å². The average molecular weight is 309 g/mol. The van der Waals surface area contributed by atoms with E-state index in [1.807, 2.05) is 0 Å². The lowest BCUT2D eigenvalue weighted by Crippen LogP contribution is -2.36. The molecule has 1 fully saturated rings. The van der Waals surface area contributed by atoms with Crippen molar-refractivity contribution < 1.29 is 13.2 Å². The van der Waals surface area contributed by atoms with E-state index in [1.54, 1.807) is 23.1 Å². The molecular formula is C14H19N3O3S. The lowest BCUT2D eigenvalue weighted by atomic mass is 10.2. The van der Waals surface area contributed by atoms with Gasteiger partial charge in [-0.2, -0.15) is 0 Å². The maximum atomic E-state index is 12.4. The Balaban J connectivity index is 1.85. The van der Waals surface area contributed by atoms with Gasteiger partial charge in [-0.05, 0) is 43.1 Å². The van der Waals surface area contributed by atoms with Crippen LogP contribution in [0.15, 0.2) is 23.1 Å². The first kappa shape index (κ1) is 14.5. The van der Waals surface area contributed by atoms with E-state index in [0.29, 0.717) is 19.5 Å². The minimum atomic E-state index is -3.50. The van der Waals surface area contributed by atoms with Gasteiger partial charge in [0.25, 0.3) is 0 Å². The van der Waals surface area contributed by atoms with Crippen LogP contribution in [0.5, 0.6) is 0 Å². The van der Waals surface area contributed by atoms with Crippen molar-refractivity contribution >= 4 is 21.6 Å². The van der Waals surface area contributed by atoms with Gasteiger partial charge in [0.15, 0.2) is 0 Å². The second-order valence-electron chi connectivity index (χ2n) is 5.52. The maximum Gasteiger partial charge on any atom is 0.240 e. The summed E-state index contributed by atoms with van der Waals surface area (Å²) in [5.74, 6) is -0.0143. The Morgan fingerprint density at radius 3 is 2.90 bits per heavy atom. The van der Waals surface area contributed by atoms with Crippen molar-refractivity contribution in [2.45, 2.75) is 30.7 Å².